The summed E-state index contributed by atoms with van der Waals surface area (Å²) in [5.41, 5.74) is -0.222. The molecule has 2 heterocycles. The second-order valence-corrected chi connectivity index (χ2v) is 5.92. The summed E-state index contributed by atoms with van der Waals surface area (Å²) in [5, 5.41) is 10.8. The molecule has 9 heteroatoms. The van der Waals surface area contributed by atoms with E-state index in [1.165, 1.54) is 6.07 Å². The third-order valence-electron chi connectivity index (χ3n) is 3.82. The summed E-state index contributed by atoms with van der Waals surface area (Å²) in [6, 6.07) is 4.94. The molecule has 25 heavy (non-hydrogen) atoms. The molecule has 3 rings (SSSR count). The highest BCUT2D eigenvalue weighted by Crippen LogP contribution is 2.10. The van der Waals surface area contributed by atoms with Crippen LogP contribution >= 0.6 is 0 Å². The lowest BCUT2D eigenvalue weighted by Crippen LogP contribution is -2.29. The fourth-order valence-electron chi connectivity index (χ4n) is 2.52. The van der Waals surface area contributed by atoms with Crippen molar-refractivity contribution in [3.63, 3.8) is 0 Å². The SMILES string of the molecule is CC(C)n1cnnc1CCNC(=O)c1ccc2[nH]c(=O)c(=O)[nH]c2c1. The highest BCUT2D eigenvalue weighted by atomic mass is 16.2. The zero-order valence-corrected chi connectivity index (χ0v) is 13.9. The number of hydrogen-bond donors (Lipinski definition) is 3. The van der Waals surface area contributed by atoms with Crippen LogP contribution < -0.4 is 16.4 Å². The van der Waals surface area contributed by atoms with Crippen molar-refractivity contribution in [3.05, 3.63) is 56.6 Å². The lowest BCUT2D eigenvalue weighted by molar-refractivity contribution is 0.0954. The van der Waals surface area contributed by atoms with Gasteiger partial charge < -0.3 is 19.9 Å². The van der Waals surface area contributed by atoms with Crippen LogP contribution in [-0.2, 0) is 6.42 Å². The number of benzene rings is 1. The summed E-state index contributed by atoms with van der Waals surface area (Å²) >= 11 is 0. The summed E-state index contributed by atoms with van der Waals surface area (Å²) < 4.78 is 1.95. The molecule has 0 saturated carbocycles. The lowest BCUT2D eigenvalue weighted by atomic mass is 10.2. The maximum Gasteiger partial charge on any atom is 0.314 e. The van der Waals surface area contributed by atoms with Crippen LogP contribution in [0.4, 0.5) is 0 Å². The van der Waals surface area contributed by atoms with Crippen molar-refractivity contribution in [3.8, 4) is 0 Å². The largest absolute Gasteiger partial charge is 0.352 e. The molecule has 2 aromatic heterocycles. The summed E-state index contributed by atoms with van der Waals surface area (Å²) in [7, 11) is 0. The minimum Gasteiger partial charge on any atom is -0.352 e. The number of aromatic amines is 2. The maximum absolute atomic E-state index is 12.3. The van der Waals surface area contributed by atoms with Crippen LogP contribution in [-0.4, -0.2) is 37.2 Å². The fraction of sp³-hybridized carbons (Fsp3) is 0.312. The van der Waals surface area contributed by atoms with Crippen LogP contribution in [0.5, 0.6) is 0 Å². The summed E-state index contributed by atoms with van der Waals surface area (Å²) in [6.07, 6.45) is 2.23. The second-order valence-electron chi connectivity index (χ2n) is 5.92. The Hall–Kier alpha value is -3.23. The quantitative estimate of drug-likeness (QED) is 0.577. The van der Waals surface area contributed by atoms with Gasteiger partial charge in [0.05, 0.1) is 11.0 Å². The number of carbonyl (C=O) groups excluding carboxylic acids is 1. The van der Waals surface area contributed by atoms with Gasteiger partial charge in [0.15, 0.2) is 0 Å². The lowest BCUT2D eigenvalue weighted by Gasteiger charge is -2.10. The number of amides is 1. The first-order chi connectivity index (χ1) is 12.0. The Kier molecular flexibility index (Phi) is 4.46. The Morgan fingerprint density at radius 2 is 1.92 bits per heavy atom. The third kappa shape index (κ3) is 3.49. The highest BCUT2D eigenvalue weighted by Gasteiger charge is 2.10. The van der Waals surface area contributed by atoms with Gasteiger partial charge >= 0.3 is 11.1 Å². The van der Waals surface area contributed by atoms with Crippen molar-refractivity contribution in [2.75, 3.05) is 6.54 Å². The average Bonchev–Trinajstić information content (AvgIpc) is 3.04. The molecule has 0 aliphatic heterocycles. The maximum atomic E-state index is 12.3. The summed E-state index contributed by atoms with van der Waals surface area (Å²) in [6.45, 7) is 4.47. The van der Waals surface area contributed by atoms with Gasteiger partial charge in [-0.2, -0.15) is 0 Å². The predicted octanol–water partition coefficient (Wildman–Crippen LogP) is 0.361. The highest BCUT2D eigenvalue weighted by molar-refractivity contribution is 5.97. The predicted molar refractivity (Wildman–Crippen MR) is 91.6 cm³/mol. The fourth-order valence-corrected chi connectivity index (χ4v) is 2.52. The second kappa shape index (κ2) is 6.71. The van der Waals surface area contributed by atoms with Gasteiger partial charge in [-0.3, -0.25) is 14.4 Å². The number of H-pyrrole nitrogens is 2. The van der Waals surface area contributed by atoms with E-state index in [0.29, 0.717) is 29.6 Å². The minimum absolute atomic E-state index is 0.250. The summed E-state index contributed by atoms with van der Waals surface area (Å²) in [5.74, 6) is 0.528. The molecule has 0 fully saturated rings. The standard InChI is InChI=1S/C16H18N6O3/c1-9(2)22-8-18-21-13(22)5-6-17-14(23)10-3-4-11-12(7-10)20-16(25)15(24)19-11/h3-4,7-9H,5-6H2,1-2H3,(H,17,23)(H,19,24)(H,20,25). The van der Waals surface area contributed by atoms with Crippen LogP contribution in [0.15, 0.2) is 34.1 Å². The van der Waals surface area contributed by atoms with Crippen LogP contribution in [0.1, 0.15) is 36.1 Å². The van der Waals surface area contributed by atoms with E-state index < -0.39 is 11.1 Å². The Morgan fingerprint density at radius 3 is 2.64 bits per heavy atom. The molecule has 1 aromatic carbocycles. The zero-order chi connectivity index (χ0) is 18.0. The molecule has 0 atom stereocenters. The Bertz CT molecular complexity index is 1030. The van der Waals surface area contributed by atoms with Crippen molar-refractivity contribution in [2.45, 2.75) is 26.3 Å². The molecule has 0 aliphatic rings. The van der Waals surface area contributed by atoms with Gasteiger partial charge in [-0.1, -0.05) is 0 Å². The van der Waals surface area contributed by atoms with Crippen LogP contribution in [0, 0.1) is 0 Å². The number of rotatable bonds is 5. The topological polar surface area (TPSA) is 126 Å². The first kappa shape index (κ1) is 16.6. The van der Waals surface area contributed by atoms with E-state index in [1.54, 1.807) is 18.5 Å². The number of aromatic nitrogens is 5. The van der Waals surface area contributed by atoms with Crippen molar-refractivity contribution in [2.24, 2.45) is 0 Å². The van der Waals surface area contributed by atoms with Crippen LogP contribution in [0.25, 0.3) is 11.0 Å². The van der Waals surface area contributed by atoms with Gasteiger partial charge in [-0.25, -0.2) is 0 Å². The molecule has 0 radical (unpaired) electrons. The van der Waals surface area contributed by atoms with E-state index >= 15 is 0 Å². The van der Waals surface area contributed by atoms with Gasteiger partial charge in [0, 0.05) is 24.6 Å². The number of nitrogens with zero attached hydrogens (tertiary/aromatic N) is 3. The molecule has 130 valence electrons. The molecule has 0 bridgehead atoms. The van der Waals surface area contributed by atoms with E-state index in [9.17, 15) is 14.4 Å². The van der Waals surface area contributed by atoms with Crippen molar-refractivity contribution < 1.29 is 4.79 Å². The third-order valence-corrected chi connectivity index (χ3v) is 3.82. The van der Waals surface area contributed by atoms with E-state index in [-0.39, 0.29) is 11.9 Å². The van der Waals surface area contributed by atoms with Gasteiger partial charge in [0.1, 0.15) is 12.2 Å². The van der Waals surface area contributed by atoms with Gasteiger partial charge in [0.25, 0.3) is 5.91 Å². The molecular weight excluding hydrogens is 324 g/mol. The normalized spacial score (nSPS) is 11.2. The number of hydrogen-bond acceptors (Lipinski definition) is 5. The minimum atomic E-state index is -0.752. The number of nitrogens with one attached hydrogen (secondary N) is 3. The van der Waals surface area contributed by atoms with Crippen molar-refractivity contribution in [1.82, 2.24) is 30.0 Å². The van der Waals surface area contributed by atoms with Crippen LogP contribution in [0.3, 0.4) is 0 Å². The molecule has 0 aliphatic carbocycles. The Balaban J connectivity index is 1.70. The first-order valence-corrected chi connectivity index (χ1v) is 7.88. The Labute approximate surface area is 142 Å². The molecule has 0 spiro atoms. The van der Waals surface area contributed by atoms with Gasteiger partial charge in [0.2, 0.25) is 0 Å². The molecule has 3 aromatic rings. The summed E-state index contributed by atoms with van der Waals surface area (Å²) in [4.78, 5) is 39.9. The molecule has 3 N–H and O–H groups in total. The smallest absolute Gasteiger partial charge is 0.314 e. The first-order valence-electron chi connectivity index (χ1n) is 7.88. The van der Waals surface area contributed by atoms with Crippen LogP contribution in [0.2, 0.25) is 0 Å². The van der Waals surface area contributed by atoms with Crippen molar-refractivity contribution >= 4 is 16.9 Å². The zero-order valence-electron chi connectivity index (χ0n) is 13.9. The molecule has 1 amide bonds. The number of carbonyl (C=O) groups is 1. The van der Waals surface area contributed by atoms with Gasteiger partial charge in [-0.15, -0.1) is 10.2 Å². The van der Waals surface area contributed by atoms with E-state index in [2.05, 4.69) is 25.5 Å². The van der Waals surface area contributed by atoms with Gasteiger partial charge in [-0.05, 0) is 32.0 Å². The molecule has 9 nitrogen and oxygen atoms in total. The molecule has 0 unspecified atom stereocenters. The van der Waals surface area contributed by atoms with E-state index in [4.69, 9.17) is 0 Å². The monoisotopic (exact) mass is 342 g/mol. The molecular formula is C16H18N6O3. The van der Waals surface area contributed by atoms with Crippen molar-refractivity contribution in [1.29, 1.82) is 0 Å². The number of fused-ring (bicyclic) bond motifs is 1. The Morgan fingerprint density at radius 1 is 1.20 bits per heavy atom. The van der Waals surface area contributed by atoms with E-state index in [1.807, 2.05) is 18.4 Å². The average molecular weight is 342 g/mol. The molecule has 0 saturated heterocycles. The van der Waals surface area contributed by atoms with E-state index in [0.717, 1.165) is 5.82 Å².